The quantitative estimate of drug-likeness (QED) is 0.802. The molecule has 5 nitrogen and oxygen atoms in total. The molecule has 6 heteroatoms. The number of benzene rings is 1. The first-order valence-corrected chi connectivity index (χ1v) is 9.95. The lowest BCUT2D eigenvalue weighted by Gasteiger charge is -2.31. The zero-order valence-corrected chi connectivity index (χ0v) is 16.6. The van der Waals surface area contributed by atoms with Crippen LogP contribution in [-0.4, -0.2) is 34.6 Å². The van der Waals surface area contributed by atoms with Gasteiger partial charge in [0.15, 0.2) is 11.5 Å². The minimum absolute atomic E-state index is 0.0559. The zero-order chi connectivity index (χ0) is 18.9. The summed E-state index contributed by atoms with van der Waals surface area (Å²) in [5.41, 5.74) is 0.209. The molecule has 0 radical (unpaired) electrons. The molecule has 1 atom stereocenters. The molecule has 1 saturated heterocycles. The van der Waals surface area contributed by atoms with Crippen LogP contribution in [0.5, 0.6) is 11.5 Å². The van der Waals surface area contributed by atoms with Gasteiger partial charge in [0.2, 0.25) is 5.91 Å². The number of hydrogen-bond donors (Lipinski definition) is 2. The summed E-state index contributed by atoms with van der Waals surface area (Å²) in [6, 6.07) is 3.50. The van der Waals surface area contributed by atoms with E-state index in [0.717, 1.165) is 12.1 Å². The SMILES string of the molecule is CCOc1cc(C2NC(C)(C)C(=O)N2CC2CCCCC2)cc(Cl)c1O. The summed E-state index contributed by atoms with van der Waals surface area (Å²) in [6.07, 6.45) is 5.87. The molecule has 0 spiro atoms. The standard InChI is InChI=1S/C20H29ClN2O3/c1-4-26-16-11-14(10-15(21)17(16)24)18-22-20(2,3)19(25)23(18)12-13-8-6-5-7-9-13/h10-11,13,18,22,24H,4-9,12H2,1-3H3. The van der Waals surface area contributed by atoms with Crippen LogP contribution >= 0.6 is 11.6 Å². The number of carbonyl (C=O) groups is 1. The van der Waals surface area contributed by atoms with Gasteiger partial charge in [-0.1, -0.05) is 30.9 Å². The van der Waals surface area contributed by atoms with Crippen LogP contribution in [0.15, 0.2) is 12.1 Å². The van der Waals surface area contributed by atoms with Gasteiger partial charge in [0, 0.05) is 6.54 Å². The van der Waals surface area contributed by atoms with Crippen LogP contribution in [0.2, 0.25) is 5.02 Å². The van der Waals surface area contributed by atoms with Crippen molar-refractivity contribution in [2.75, 3.05) is 13.2 Å². The fourth-order valence-electron chi connectivity index (χ4n) is 4.07. The van der Waals surface area contributed by atoms with E-state index in [1.54, 1.807) is 12.1 Å². The first kappa shape index (κ1) is 19.3. The number of hydrogen-bond acceptors (Lipinski definition) is 4. The smallest absolute Gasteiger partial charge is 0.243 e. The van der Waals surface area contributed by atoms with E-state index in [2.05, 4.69) is 5.32 Å². The van der Waals surface area contributed by atoms with Crippen LogP contribution < -0.4 is 10.1 Å². The van der Waals surface area contributed by atoms with Gasteiger partial charge >= 0.3 is 0 Å². The molecule has 1 amide bonds. The van der Waals surface area contributed by atoms with Crippen molar-refractivity contribution in [3.8, 4) is 11.5 Å². The molecule has 3 rings (SSSR count). The number of ether oxygens (including phenoxy) is 1. The van der Waals surface area contributed by atoms with Gasteiger partial charge in [-0.2, -0.15) is 0 Å². The number of carbonyl (C=O) groups excluding carboxylic acids is 1. The zero-order valence-electron chi connectivity index (χ0n) is 15.8. The first-order chi connectivity index (χ1) is 12.3. The van der Waals surface area contributed by atoms with E-state index in [9.17, 15) is 9.90 Å². The van der Waals surface area contributed by atoms with E-state index in [0.29, 0.717) is 18.3 Å². The molecule has 1 aliphatic carbocycles. The highest BCUT2D eigenvalue weighted by atomic mass is 35.5. The molecule has 0 aromatic heterocycles. The maximum Gasteiger partial charge on any atom is 0.243 e. The second kappa shape index (κ2) is 7.65. The molecule has 1 aromatic rings. The molecule has 1 aliphatic heterocycles. The van der Waals surface area contributed by atoms with Gasteiger partial charge in [-0.3, -0.25) is 10.1 Å². The van der Waals surface area contributed by atoms with Crippen molar-refractivity contribution < 1.29 is 14.6 Å². The molecule has 26 heavy (non-hydrogen) atoms. The average molecular weight is 381 g/mol. The Labute approximate surface area is 160 Å². The first-order valence-electron chi connectivity index (χ1n) is 9.57. The van der Waals surface area contributed by atoms with Crippen LogP contribution in [0.4, 0.5) is 0 Å². The van der Waals surface area contributed by atoms with Crippen LogP contribution in [0.1, 0.15) is 64.6 Å². The minimum Gasteiger partial charge on any atom is -0.503 e. The number of aromatic hydroxyl groups is 1. The third-order valence-electron chi connectivity index (χ3n) is 5.45. The predicted octanol–water partition coefficient (Wildman–Crippen LogP) is 4.23. The summed E-state index contributed by atoms with van der Waals surface area (Å²) in [4.78, 5) is 14.9. The Bertz CT molecular complexity index is 671. The third kappa shape index (κ3) is 3.79. The van der Waals surface area contributed by atoms with Crippen LogP contribution in [0.3, 0.4) is 0 Å². The van der Waals surface area contributed by atoms with Gasteiger partial charge in [0.05, 0.1) is 17.2 Å². The summed E-state index contributed by atoms with van der Waals surface area (Å²) in [5, 5.41) is 13.8. The summed E-state index contributed by atoms with van der Waals surface area (Å²) < 4.78 is 5.52. The van der Waals surface area contributed by atoms with E-state index in [-0.39, 0.29) is 22.8 Å². The molecule has 1 unspecified atom stereocenters. The molecule has 1 aromatic carbocycles. The summed E-state index contributed by atoms with van der Waals surface area (Å²) >= 11 is 6.22. The third-order valence-corrected chi connectivity index (χ3v) is 5.74. The number of rotatable bonds is 5. The lowest BCUT2D eigenvalue weighted by atomic mass is 9.88. The van der Waals surface area contributed by atoms with Gasteiger partial charge in [0.1, 0.15) is 6.17 Å². The number of nitrogens with zero attached hydrogens (tertiary/aromatic N) is 1. The van der Waals surface area contributed by atoms with E-state index < -0.39 is 5.54 Å². The molecule has 2 fully saturated rings. The van der Waals surface area contributed by atoms with Crippen molar-refractivity contribution >= 4 is 17.5 Å². The molecule has 1 heterocycles. The van der Waals surface area contributed by atoms with Crippen LogP contribution in [-0.2, 0) is 4.79 Å². The molecule has 144 valence electrons. The fraction of sp³-hybridized carbons (Fsp3) is 0.650. The Morgan fingerprint density at radius 2 is 2.00 bits per heavy atom. The van der Waals surface area contributed by atoms with Crippen molar-refractivity contribution in [3.63, 3.8) is 0 Å². The number of nitrogens with one attached hydrogen (secondary N) is 1. The van der Waals surface area contributed by atoms with Crippen molar-refractivity contribution in [2.24, 2.45) is 5.92 Å². The maximum atomic E-state index is 13.0. The lowest BCUT2D eigenvalue weighted by molar-refractivity contribution is -0.133. The van der Waals surface area contributed by atoms with Gasteiger partial charge in [-0.25, -0.2) is 0 Å². The van der Waals surface area contributed by atoms with Crippen molar-refractivity contribution in [3.05, 3.63) is 22.7 Å². The Kier molecular flexibility index (Phi) is 5.68. The molecule has 1 saturated carbocycles. The van der Waals surface area contributed by atoms with Gasteiger partial charge in [-0.15, -0.1) is 0 Å². The topological polar surface area (TPSA) is 61.8 Å². The van der Waals surface area contributed by atoms with Crippen LogP contribution in [0.25, 0.3) is 0 Å². The van der Waals surface area contributed by atoms with E-state index >= 15 is 0 Å². The fourth-order valence-corrected chi connectivity index (χ4v) is 4.29. The predicted molar refractivity (Wildman–Crippen MR) is 103 cm³/mol. The maximum absolute atomic E-state index is 13.0. The number of phenols is 1. The summed E-state index contributed by atoms with van der Waals surface area (Å²) in [5.74, 6) is 0.950. The number of phenolic OH excluding ortho intramolecular Hbond substituents is 1. The molecule has 0 bridgehead atoms. The highest BCUT2D eigenvalue weighted by molar-refractivity contribution is 6.32. The number of amides is 1. The second-order valence-electron chi connectivity index (χ2n) is 7.92. The Morgan fingerprint density at radius 1 is 1.31 bits per heavy atom. The van der Waals surface area contributed by atoms with Crippen molar-refractivity contribution in [2.45, 2.75) is 64.6 Å². The lowest BCUT2D eigenvalue weighted by Crippen LogP contribution is -2.41. The van der Waals surface area contributed by atoms with Crippen molar-refractivity contribution in [1.82, 2.24) is 10.2 Å². The monoisotopic (exact) mass is 380 g/mol. The molecular weight excluding hydrogens is 352 g/mol. The molecular formula is C20H29ClN2O3. The largest absolute Gasteiger partial charge is 0.503 e. The van der Waals surface area contributed by atoms with Gasteiger partial charge in [-0.05, 0) is 57.2 Å². The van der Waals surface area contributed by atoms with E-state index in [1.807, 2.05) is 25.7 Å². The van der Waals surface area contributed by atoms with E-state index in [4.69, 9.17) is 16.3 Å². The second-order valence-corrected chi connectivity index (χ2v) is 8.32. The Hall–Kier alpha value is -1.46. The highest BCUT2D eigenvalue weighted by Crippen LogP contribution is 2.40. The minimum atomic E-state index is -0.629. The summed E-state index contributed by atoms with van der Waals surface area (Å²) in [6.45, 7) is 6.86. The number of halogens is 1. The van der Waals surface area contributed by atoms with Crippen molar-refractivity contribution in [1.29, 1.82) is 0 Å². The molecule has 2 aliphatic rings. The van der Waals surface area contributed by atoms with Gasteiger partial charge < -0.3 is 14.7 Å². The van der Waals surface area contributed by atoms with Crippen LogP contribution in [0, 0.1) is 5.92 Å². The Morgan fingerprint density at radius 3 is 2.65 bits per heavy atom. The highest BCUT2D eigenvalue weighted by Gasteiger charge is 2.46. The van der Waals surface area contributed by atoms with E-state index in [1.165, 1.54) is 32.1 Å². The average Bonchev–Trinajstić information content (AvgIpc) is 2.83. The normalized spacial score (nSPS) is 23.5. The summed E-state index contributed by atoms with van der Waals surface area (Å²) in [7, 11) is 0. The van der Waals surface area contributed by atoms with Gasteiger partial charge in [0.25, 0.3) is 0 Å². The molecule has 2 N–H and O–H groups in total. The Balaban J connectivity index is 1.91.